The van der Waals surface area contributed by atoms with Crippen molar-refractivity contribution in [3.63, 3.8) is 0 Å². The third-order valence-electron chi connectivity index (χ3n) is 4.48. The molecule has 0 bridgehead atoms. The van der Waals surface area contributed by atoms with E-state index in [4.69, 9.17) is 27.3 Å². The quantitative estimate of drug-likeness (QED) is 0.905. The number of hydrogen-bond donors (Lipinski definition) is 1. The van der Waals surface area contributed by atoms with Gasteiger partial charge in [0.25, 0.3) is 5.91 Å². The number of carbonyl (C=O) groups excluding carboxylic acids is 1. The molecular weight excluding hydrogens is 340 g/mol. The van der Waals surface area contributed by atoms with Crippen LogP contribution in [0.5, 0.6) is 5.75 Å². The van der Waals surface area contributed by atoms with E-state index < -0.39 is 11.5 Å². The minimum Gasteiger partial charge on any atom is -0.482 e. The van der Waals surface area contributed by atoms with Gasteiger partial charge in [0.2, 0.25) is 0 Å². The lowest BCUT2D eigenvalue weighted by Gasteiger charge is -2.38. The van der Waals surface area contributed by atoms with E-state index in [9.17, 15) is 4.79 Å². The summed E-state index contributed by atoms with van der Waals surface area (Å²) in [4.78, 5) is 11.8. The van der Waals surface area contributed by atoms with Gasteiger partial charge < -0.3 is 10.5 Å². The van der Waals surface area contributed by atoms with Crippen LogP contribution in [0.15, 0.2) is 30.5 Å². The number of nitrogens with zero attached hydrogens (tertiary/aromatic N) is 3. The van der Waals surface area contributed by atoms with Crippen molar-refractivity contribution in [2.75, 3.05) is 0 Å². The molecule has 1 aliphatic rings. The van der Waals surface area contributed by atoms with Crippen LogP contribution in [-0.2, 0) is 5.60 Å². The Kier molecular flexibility index (Phi) is 4.86. The third kappa shape index (κ3) is 3.42. The summed E-state index contributed by atoms with van der Waals surface area (Å²) >= 11 is 6.12. The number of nitrogens with two attached hydrogens (primary N) is 1. The Balaban J connectivity index is 2.05. The molecular formula is C18H17ClN4O2. The van der Waals surface area contributed by atoms with Gasteiger partial charge in [0.15, 0.2) is 5.69 Å². The summed E-state index contributed by atoms with van der Waals surface area (Å²) in [7, 11) is 0. The molecule has 0 aliphatic heterocycles. The van der Waals surface area contributed by atoms with Crippen LogP contribution in [0, 0.1) is 11.3 Å². The molecule has 0 radical (unpaired) electrons. The second-order valence-electron chi connectivity index (χ2n) is 6.07. The molecule has 2 N–H and O–H groups in total. The molecule has 6 nitrogen and oxygen atoms in total. The Morgan fingerprint density at radius 1 is 1.28 bits per heavy atom. The maximum absolute atomic E-state index is 11.8. The number of nitriles is 1. The van der Waals surface area contributed by atoms with E-state index >= 15 is 0 Å². The molecule has 0 atom stereocenters. The lowest BCUT2D eigenvalue weighted by Crippen LogP contribution is -2.38. The van der Waals surface area contributed by atoms with E-state index in [0.29, 0.717) is 21.9 Å². The summed E-state index contributed by atoms with van der Waals surface area (Å²) in [5.41, 5.74) is 5.93. The Labute approximate surface area is 150 Å². The minimum absolute atomic E-state index is 0.129. The van der Waals surface area contributed by atoms with Gasteiger partial charge in [0, 0.05) is 11.6 Å². The maximum Gasteiger partial charge on any atom is 0.269 e. The van der Waals surface area contributed by atoms with Gasteiger partial charge in [-0.1, -0.05) is 18.0 Å². The Hall–Kier alpha value is -2.65. The highest BCUT2D eigenvalue weighted by Crippen LogP contribution is 2.42. The zero-order valence-corrected chi connectivity index (χ0v) is 14.3. The average molecular weight is 357 g/mol. The second kappa shape index (κ2) is 7.08. The average Bonchev–Trinajstić information content (AvgIpc) is 2.62. The molecule has 0 saturated heterocycles. The number of carbonyl (C=O) groups is 1. The number of amides is 1. The predicted octanol–water partition coefficient (Wildman–Crippen LogP) is 3.34. The van der Waals surface area contributed by atoms with E-state index in [1.54, 1.807) is 24.3 Å². The summed E-state index contributed by atoms with van der Waals surface area (Å²) in [5.74, 6) is -0.0901. The molecule has 1 fully saturated rings. The zero-order valence-electron chi connectivity index (χ0n) is 13.5. The lowest BCUT2D eigenvalue weighted by atomic mass is 9.78. The van der Waals surface area contributed by atoms with Gasteiger partial charge in [-0.05, 0) is 43.9 Å². The molecule has 0 spiro atoms. The summed E-state index contributed by atoms with van der Waals surface area (Å²) in [5, 5.41) is 17.0. The number of benzene rings is 1. The van der Waals surface area contributed by atoms with E-state index in [1.165, 1.54) is 6.20 Å². The largest absolute Gasteiger partial charge is 0.482 e. The fourth-order valence-corrected chi connectivity index (χ4v) is 3.52. The number of halogens is 1. The first-order chi connectivity index (χ1) is 12.1. The second-order valence-corrected chi connectivity index (χ2v) is 6.48. The minimum atomic E-state index is -0.712. The van der Waals surface area contributed by atoms with Crippen LogP contribution >= 0.6 is 11.6 Å². The van der Waals surface area contributed by atoms with Crippen molar-refractivity contribution >= 4 is 17.5 Å². The smallest absolute Gasteiger partial charge is 0.269 e. The molecule has 1 heterocycles. The lowest BCUT2D eigenvalue weighted by molar-refractivity contribution is 0.0248. The van der Waals surface area contributed by atoms with E-state index in [2.05, 4.69) is 10.2 Å². The Morgan fingerprint density at radius 2 is 2.04 bits per heavy atom. The van der Waals surface area contributed by atoms with Crippen LogP contribution in [0.25, 0.3) is 0 Å². The molecule has 1 aliphatic carbocycles. The molecule has 25 heavy (non-hydrogen) atoms. The van der Waals surface area contributed by atoms with Gasteiger partial charge in [-0.2, -0.15) is 10.4 Å². The first-order valence-electron chi connectivity index (χ1n) is 8.06. The van der Waals surface area contributed by atoms with Crippen molar-refractivity contribution < 1.29 is 9.53 Å². The van der Waals surface area contributed by atoms with Crippen molar-refractivity contribution in [3.8, 4) is 11.8 Å². The molecule has 2 aromatic rings. The number of hydrogen-bond acceptors (Lipinski definition) is 5. The summed E-state index contributed by atoms with van der Waals surface area (Å²) in [6.45, 7) is 0. The van der Waals surface area contributed by atoms with E-state index in [0.717, 1.165) is 32.1 Å². The highest BCUT2D eigenvalue weighted by Gasteiger charge is 2.39. The Bertz CT molecular complexity index is 841. The zero-order chi connectivity index (χ0) is 17.9. The number of ether oxygens (including phenoxy) is 1. The van der Waals surface area contributed by atoms with Gasteiger partial charge in [0.05, 0.1) is 16.8 Å². The molecule has 1 saturated carbocycles. The summed E-state index contributed by atoms with van der Waals surface area (Å²) < 4.78 is 6.33. The highest BCUT2D eigenvalue weighted by molar-refractivity contribution is 6.31. The highest BCUT2D eigenvalue weighted by atomic mass is 35.5. The molecule has 1 aromatic carbocycles. The first-order valence-corrected chi connectivity index (χ1v) is 8.44. The fraction of sp³-hybridized carbons (Fsp3) is 0.333. The van der Waals surface area contributed by atoms with Gasteiger partial charge in [-0.25, -0.2) is 0 Å². The van der Waals surface area contributed by atoms with Gasteiger partial charge in [-0.15, -0.1) is 5.10 Å². The van der Waals surface area contributed by atoms with Gasteiger partial charge >= 0.3 is 0 Å². The van der Waals surface area contributed by atoms with Crippen LogP contribution in [0.2, 0.25) is 5.02 Å². The summed E-state index contributed by atoms with van der Waals surface area (Å²) in [6, 6.07) is 8.71. The SMILES string of the molecule is N#Cc1ccc(OC2(c3ccnnc3C(N)=O)CCCCC2)cc1Cl. The van der Waals surface area contributed by atoms with Crippen LogP contribution in [0.4, 0.5) is 0 Å². The van der Waals surface area contributed by atoms with Crippen LogP contribution in [-0.4, -0.2) is 16.1 Å². The third-order valence-corrected chi connectivity index (χ3v) is 4.79. The normalized spacial score (nSPS) is 16.0. The standard InChI is InChI=1S/C18H17ClN4O2/c19-15-10-13(5-4-12(15)11-20)25-18(7-2-1-3-8-18)14-6-9-22-23-16(14)17(21)24/h4-6,9-10H,1-3,7-8H2,(H2,21,24). The van der Waals surface area contributed by atoms with Crippen LogP contribution in [0.3, 0.4) is 0 Å². The Morgan fingerprint density at radius 3 is 2.68 bits per heavy atom. The maximum atomic E-state index is 11.8. The van der Waals surface area contributed by atoms with Crippen molar-refractivity contribution in [3.05, 3.63) is 52.3 Å². The summed E-state index contributed by atoms with van der Waals surface area (Å²) in [6.07, 6.45) is 6.03. The van der Waals surface area contributed by atoms with Crippen molar-refractivity contribution in [1.29, 1.82) is 5.26 Å². The molecule has 1 aromatic heterocycles. The van der Waals surface area contributed by atoms with Crippen LogP contribution < -0.4 is 10.5 Å². The van der Waals surface area contributed by atoms with E-state index in [1.807, 2.05) is 6.07 Å². The van der Waals surface area contributed by atoms with E-state index in [-0.39, 0.29) is 5.69 Å². The number of rotatable bonds is 4. The van der Waals surface area contributed by atoms with Crippen molar-refractivity contribution in [2.24, 2.45) is 5.73 Å². The first kappa shape index (κ1) is 17.2. The van der Waals surface area contributed by atoms with Crippen molar-refractivity contribution in [2.45, 2.75) is 37.7 Å². The predicted molar refractivity (Wildman–Crippen MR) is 92.1 cm³/mol. The molecule has 3 rings (SSSR count). The van der Waals surface area contributed by atoms with Crippen molar-refractivity contribution in [1.82, 2.24) is 10.2 Å². The number of primary amides is 1. The molecule has 128 valence electrons. The van der Waals surface area contributed by atoms with Crippen LogP contribution in [0.1, 0.15) is 53.7 Å². The molecule has 1 amide bonds. The number of aromatic nitrogens is 2. The molecule has 0 unspecified atom stereocenters. The van der Waals surface area contributed by atoms with Gasteiger partial charge in [-0.3, -0.25) is 4.79 Å². The van der Waals surface area contributed by atoms with Gasteiger partial charge in [0.1, 0.15) is 17.4 Å². The molecule has 7 heteroatoms. The fourth-order valence-electron chi connectivity index (χ4n) is 3.31. The monoisotopic (exact) mass is 356 g/mol. The topological polar surface area (TPSA) is 102 Å².